The number of urea groups is 1. The van der Waals surface area contributed by atoms with Crippen molar-refractivity contribution in [1.82, 2.24) is 9.88 Å². The molecule has 4 aromatic rings. The second kappa shape index (κ2) is 10.3. The quantitative estimate of drug-likeness (QED) is 0.331. The van der Waals surface area contributed by atoms with E-state index in [0.29, 0.717) is 30.2 Å². The van der Waals surface area contributed by atoms with Crippen LogP contribution in [-0.2, 0) is 13.0 Å². The first-order valence-electron chi connectivity index (χ1n) is 10.6. The Kier molecular flexibility index (Phi) is 7.05. The molecule has 2 N–H and O–H groups in total. The molecule has 2 amide bonds. The number of benzene rings is 3. The average molecular weight is 464 g/mol. The molecule has 4 rings (SSSR count). The van der Waals surface area contributed by atoms with Crippen LogP contribution < -0.4 is 14.8 Å². The summed E-state index contributed by atoms with van der Waals surface area (Å²) in [4.78, 5) is 18.3. The fraction of sp³-hybridized carbons (Fsp3) is 0.192. The van der Waals surface area contributed by atoms with Gasteiger partial charge in [-0.2, -0.15) is 0 Å². The number of nitrogens with zero attached hydrogens (tertiary/aromatic N) is 1. The molecule has 1 aromatic heterocycles. The van der Waals surface area contributed by atoms with E-state index >= 15 is 0 Å². The Morgan fingerprint density at radius 3 is 2.48 bits per heavy atom. The van der Waals surface area contributed by atoms with Gasteiger partial charge in [0, 0.05) is 40.9 Å². The van der Waals surface area contributed by atoms with Gasteiger partial charge in [-0.1, -0.05) is 29.8 Å². The number of methoxy groups -OCH3 is 2. The number of anilines is 1. The monoisotopic (exact) mass is 463 g/mol. The van der Waals surface area contributed by atoms with E-state index in [1.54, 1.807) is 31.3 Å². The summed E-state index contributed by atoms with van der Waals surface area (Å²) >= 11 is 6.08. The average Bonchev–Trinajstić information content (AvgIpc) is 3.24. The van der Waals surface area contributed by atoms with E-state index in [1.807, 2.05) is 60.8 Å². The molecule has 0 bridgehead atoms. The van der Waals surface area contributed by atoms with Crippen molar-refractivity contribution in [1.29, 1.82) is 0 Å². The molecule has 0 spiro atoms. The van der Waals surface area contributed by atoms with Crippen LogP contribution in [-0.4, -0.2) is 36.7 Å². The molecule has 0 atom stereocenters. The molecule has 0 aliphatic carbocycles. The highest BCUT2D eigenvalue weighted by Crippen LogP contribution is 2.25. The van der Waals surface area contributed by atoms with Crippen molar-refractivity contribution in [3.63, 3.8) is 0 Å². The maximum Gasteiger partial charge on any atom is 0.322 e. The molecular formula is C26H26ClN3O3. The van der Waals surface area contributed by atoms with Gasteiger partial charge >= 0.3 is 6.03 Å². The van der Waals surface area contributed by atoms with Crippen LogP contribution in [0, 0.1) is 0 Å². The van der Waals surface area contributed by atoms with Gasteiger partial charge in [-0.15, -0.1) is 0 Å². The molecule has 0 fully saturated rings. The van der Waals surface area contributed by atoms with Gasteiger partial charge in [-0.25, -0.2) is 4.79 Å². The third-order valence-electron chi connectivity index (χ3n) is 5.52. The van der Waals surface area contributed by atoms with Gasteiger partial charge in [-0.3, -0.25) is 0 Å². The van der Waals surface area contributed by atoms with Crippen LogP contribution in [0.15, 0.2) is 72.9 Å². The number of H-pyrrole nitrogens is 1. The molecular weight excluding hydrogens is 438 g/mol. The van der Waals surface area contributed by atoms with E-state index in [9.17, 15) is 4.79 Å². The molecule has 33 heavy (non-hydrogen) atoms. The van der Waals surface area contributed by atoms with Crippen molar-refractivity contribution in [3.05, 3.63) is 89.1 Å². The number of halogens is 1. The van der Waals surface area contributed by atoms with Crippen LogP contribution in [0.25, 0.3) is 10.9 Å². The lowest BCUT2D eigenvalue weighted by Gasteiger charge is -2.23. The van der Waals surface area contributed by atoms with E-state index in [2.05, 4.69) is 10.3 Å². The van der Waals surface area contributed by atoms with E-state index in [-0.39, 0.29) is 6.03 Å². The van der Waals surface area contributed by atoms with Crippen molar-refractivity contribution < 1.29 is 14.3 Å². The van der Waals surface area contributed by atoms with E-state index < -0.39 is 0 Å². The second-order valence-corrected chi connectivity index (χ2v) is 8.12. The first-order valence-corrected chi connectivity index (χ1v) is 11.0. The van der Waals surface area contributed by atoms with Crippen LogP contribution in [0.2, 0.25) is 5.02 Å². The Labute approximate surface area is 198 Å². The van der Waals surface area contributed by atoms with Crippen molar-refractivity contribution in [2.45, 2.75) is 13.0 Å². The van der Waals surface area contributed by atoms with E-state index in [0.717, 1.165) is 33.5 Å². The van der Waals surface area contributed by atoms with Gasteiger partial charge in [0.05, 0.1) is 14.2 Å². The Hall–Kier alpha value is -3.64. The predicted octanol–water partition coefficient (Wildman–Crippen LogP) is 6.12. The third-order valence-corrected chi connectivity index (χ3v) is 5.76. The summed E-state index contributed by atoms with van der Waals surface area (Å²) in [5.41, 5.74) is 3.83. The summed E-state index contributed by atoms with van der Waals surface area (Å²) in [5.74, 6) is 1.58. The first-order chi connectivity index (χ1) is 16.1. The van der Waals surface area contributed by atoms with Gasteiger partial charge in [0.25, 0.3) is 0 Å². The normalized spacial score (nSPS) is 10.8. The van der Waals surface area contributed by atoms with Crippen molar-refractivity contribution in [3.8, 4) is 11.5 Å². The first kappa shape index (κ1) is 22.6. The lowest BCUT2D eigenvalue weighted by atomic mass is 10.1. The molecule has 0 aliphatic heterocycles. The summed E-state index contributed by atoms with van der Waals surface area (Å²) in [5, 5.41) is 4.62. The number of amides is 2. The van der Waals surface area contributed by atoms with Crippen LogP contribution in [0.4, 0.5) is 10.5 Å². The Balaban J connectivity index is 1.54. The van der Waals surface area contributed by atoms with Crippen LogP contribution in [0.1, 0.15) is 11.1 Å². The van der Waals surface area contributed by atoms with Crippen molar-refractivity contribution in [2.75, 3.05) is 26.1 Å². The Morgan fingerprint density at radius 1 is 1.00 bits per heavy atom. The zero-order valence-corrected chi connectivity index (χ0v) is 19.4. The van der Waals surface area contributed by atoms with Crippen molar-refractivity contribution >= 4 is 34.2 Å². The Bertz CT molecular complexity index is 1240. The highest BCUT2D eigenvalue weighted by molar-refractivity contribution is 6.30. The number of fused-ring (bicyclic) bond motifs is 1. The van der Waals surface area contributed by atoms with Gasteiger partial charge in [0.1, 0.15) is 11.5 Å². The molecule has 3 aromatic carbocycles. The SMILES string of the molecule is COc1ccc(CN(CCc2c[nH]c3ccc(OC)cc23)C(=O)Nc2cccc(Cl)c2)cc1. The summed E-state index contributed by atoms with van der Waals surface area (Å²) in [7, 11) is 3.29. The molecule has 1 heterocycles. The number of carbonyl (C=O) groups is 1. The predicted molar refractivity (Wildman–Crippen MR) is 132 cm³/mol. The number of rotatable bonds is 8. The molecule has 0 saturated carbocycles. The lowest BCUT2D eigenvalue weighted by Crippen LogP contribution is -2.36. The molecule has 7 heteroatoms. The van der Waals surface area contributed by atoms with Gasteiger partial charge < -0.3 is 24.7 Å². The number of hydrogen-bond donors (Lipinski definition) is 2. The standard InChI is InChI=1S/C26H26ClN3O3/c1-32-22-8-6-18(7-9-22)17-30(26(31)29-21-5-3-4-20(27)14-21)13-12-19-16-28-25-11-10-23(33-2)15-24(19)25/h3-11,14-16,28H,12-13,17H2,1-2H3,(H,29,31). The van der Waals surface area contributed by atoms with Crippen LogP contribution >= 0.6 is 11.6 Å². The van der Waals surface area contributed by atoms with Gasteiger partial charge in [-0.05, 0) is 66.1 Å². The fourth-order valence-electron chi connectivity index (χ4n) is 3.72. The van der Waals surface area contributed by atoms with Gasteiger partial charge in [0.15, 0.2) is 0 Å². The molecule has 0 aliphatic rings. The largest absolute Gasteiger partial charge is 0.497 e. The topological polar surface area (TPSA) is 66.6 Å². The van der Waals surface area contributed by atoms with Crippen LogP contribution in [0.3, 0.4) is 0 Å². The number of nitrogens with one attached hydrogen (secondary N) is 2. The smallest absolute Gasteiger partial charge is 0.322 e. The number of hydrogen-bond acceptors (Lipinski definition) is 3. The summed E-state index contributed by atoms with van der Waals surface area (Å²) < 4.78 is 10.6. The van der Waals surface area contributed by atoms with Crippen molar-refractivity contribution in [2.24, 2.45) is 0 Å². The molecule has 6 nitrogen and oxygen atoms in total. The maximum atomic E-state index is 13.2. The highest BCUT2D eigenvalue weighted by atomic mass is 35.5. The number of aromatic nitrogens is 1. The van der Waals surface area contributed by atoms with E-state index in [4.69, 9.17) is 21.1 Å². The highest BCUT2D eigenvalue weighted by Gasteiger charge is 2.16. The van der Waals surface area contributed by atoms with Gasteiger partial charge in [0.2, 0.25) is 0 Å². The molecule has 0 saturated heterocycles. The number of carbonyl (C=O) groups excluding carboxylic acids is 1. The number of ether oxygens (including phenoxy) is 2. The zero-order valence-electron chi connectivity index (χ0n) is 18.6. The third kappa shape index (κ3) is 5.59. The molecule has 170 valence electrons. The maximum absolute atomic E-state index is 13.2. The Morgan fingerprint density at radius 2 is 1.76 bits per heavy atom. The molecule has 0 radical (unpaired) electrons. The summed E-state index contributed by atoms with van der Waals surface area (Å²) in [6, 6.07) is 20.6. The minimum Gasteiger partial charge on any atom is -0.497 e. The second-order valence-electron chi connectivity index (χ2n) is 7.69. The summed E-state index contributed by atoms with van der Waals surface area (Å²) in [6.07, 6.45) is 2.68. The summed E-state index contributed by atoms with van der Waals surface area (Å²) in [6.45, 7) is 0.991. The fourth-order valence-corrected chi connectivity index (χ4v) is 3.91. The lowest BCUT2D eigenvalue weighted by molar-refractivity contribution is 0.210. The minimum absolute atomic E-state index is 0.189. The zero-order chi connectivity index (χ0) is 23.2. The van der Waals surface area contributed by atoms with E-state index in [1.165, 1.54) is 0 Å². The van der Waals surface area contributed by atoms with Crippen LogP contribution in [0.5, 0.6) is 11.5 Å². The minimum atomic E-state index is -0.189. The number of aromatic amines is 1. The molecule has 0 unspecified atom stereocenters.